The molecule has 0 aliphatic heterocycles. The summed E-state index contributed by atoms with van der Waals surface area (Å²) in [6, 6.07) is 3.68. The van der Waals surface area contributed by atoms with Crippen LogP contribution in [0.4, 0.5) is 0 Å². The third-order valence-electron chi connectivity index (χ3n) is 2.03. The van der Waals surface area contributed by atoms with Crippen LogP contribution in [0.1, 0.15) is 24.3 Å². The maximum absolute atomic E-state index is 9.33. The smallest absolute Gasteiger partial charge is 0.262 e. The van der Waals surface area contributed by atoms with E-state index in [-0.39, 0.29) is 0 Å². The molecule has 1 atom stereocenters. The van der Waals surface area contributed by atoms with Gasteiger partial charge >= 0.3 is 0 Å². The van der Waals surface area contributed by atoms with Gasteiger partial charge in [0.05, 0.1) is 11.8 Å². The number of aliphatic hydroxyl groups excluding tert-OH is 1. The van der Waals surface area contributed by atoms with E-state index in [4.69, 9.17) is 4.42 Å². The number of aromatic nitrogens is 2. The van der Waals surface area contributed by atoms with E-state index in [9.17, 15) is 5.11 Å². The van der Waals surface area contributed by atoms with Gasteiger partial charge in [-0.3, -0.25) is 0 Å². The van der Waals surface area contributed by atoms with Crippen molar-refractivity contribution >= 4 is 11.8 Å². The third kappa shape index (κ3) is 2.62. The van der Waals surface area contributed by atoms with E-state index < -0.39 is 6.10 Å². The predicted octanol–water partition coefficient (Wildman–Crippen LogP) is 2.58. The average Bonchev–Trinajstić information content (AvgIpc) is 2.65. The molecular formula is C11H12N2O2S. The number of hydrogen-bond donors (Lipinski definition) is 1. The van der Waals surface area contributed by atoms with Crippen LogP contribution in [0.2, 0.25) is 0 Å². The Hall–Kier alpha value is -1.33. The predicted molar refractivity (Wildman–Crippen MR) is 60.2 cm³/mol. The molecule has 2 rings (SSSR count). The van der Waals surface area contributed by atoms with Gasteiger partial charge in [0.2, 0.25) is 0 Å². The van der Waals surface area contributed by atoms with Crippen LogP contribution in [0.25, 0.3) is 0 Å². The fraction of sp³-hybridized carbons (Fsp3) is 0.273. The molecule has 2 aromatic heterocycles. The lowest BCUT2D eigenvalue weighted by atomic mass is 10.2. The van der Waals surface area contributed by atoms with Crippen LogP contribution in [0, 0.1) is 6.92 Å². The van der Waals surface area contributed by atoms with E-state index in [1.807, 2.05) is 19.1 Å². The normalized spacial score (nSPS) is 12.7. The minimum atomic E-state index is -0.490. The van der Waals surface area contributed by atoms with E-state index in [0.29, 0.717) is 5.22 Å². The summed E-state index contributed by atoms with van der Waals surface area (Å²) in [6.45, 7) is 3.58. The highest BCUT2D eigenvalue weighted by molar-refractivity contribution is 7.99. The largest absolute Gasteiger partial charge is 0.439 e. The Morgan fingerprint density at radius 2 is 2.25 bits per heavy atom. The summed E-state index contributed by atoms with van der Waals surface area (Å²) < 4.78 is 5.21. The van der Waals surface area contributed by atoms with Crippen LogP contribution in [-0.2, 0) is 0 Å². The summed E-state index contributed by atoms with van der Waals surface area (Å²) in [6.07, 6.45) is 2.77. The number of oxazole rings is 1. The van der Waals surface area contributed by atoms with Gasteiger partial charge in [0.15, 0.2) is 0 Å². The maximum Gasteiger partial charge on any atom is 0.262 e. The molecule has 0 saturated carbocycles. The minimum absolute atomic E-state index is 0.490. The first-order chi connectivity index (χ1) is 7.65. The number of aliphatic hydroxyl groups is 1. The summed E-state index contributed by atoms with van der Waals surface area (Å²) in [4.78, 5) is 8.38. The van der Waals surface area contributed by atoms with Crippen LogP contribution in [-0.4, -0.2) is 15.1 Å². The van der Waals surface area contributed by atoms with Gasteiger partial charge in [-0.15, -0.1) is 0 Å². The molecule has 0 aromatic carbocycles. The van der Waals surface area contributed by atoms with Crippen molar-refractivity contribution in [1.29, 1.82) is 0 Å². The maximum atomic E-state index is 9.33. The second-order valence-corrected chi connectivity index (χ2v) is 4.43. The van der Waals surface area contributed by atoms with Crippen LogP contribution < -0.4 is 0 Å². The third-order valence-corrected chi connectivity index (χ3v) is 2.84. The molecular weight excluding hydrogens is 224 g/mol. The van der Waals surface area contributed by atoms with E-state index >= 15 is 0 Å². The van der Waals surface area contributed by atoms with Gasteiger partial charge in [-0.05, 0) is 37.2 Å². The molecule has 2 heterocycles. The highest BCUT2D eigenvalue weighted by Gasteiger charge is 2.06. The highest BCUT2D eigenvalue weighted by Crippen LogP contribution is 2.25. The second-order valence-electron chi connectivity index (χ2n) is 3.46. The molecule has 0 aliphatic carbocycles. The molecule has 4 nitrogen and oxygen atoms in total. The lowest BCUT2D eigenvalue weighted by molar-refractivity contribution is 0.198. The summed E-state index contributed by atoms with van der Waals surface area (Å²) in [7, 11) is 0. The zero-order chi connectivity index (χ0) is 11.5. The van der Waals surface area contributed by atoms with E-state index in [0.717, 1.165) is 16.3 Å². The molecule has 0 radical (unpaired) electrons. The van der Waals surface area contributed by atoms with Crippen molar-refractivity contribution in [3.8, 4) is 0 Å². The first-order valence-corrected chi connectivity index (χ1v) is 5.71. The van der Waals surface area contributed by atoms with Crippen LogP contribution >= 0.6 is 11.8 Å². The molecule has 0 spiro atoms. The first-order valence-electron chi connectivity index (χ1n) is 4.89. The Labute approximate surface area is 97.7 Å². The van der Waals surface area contributed by atoms with E-state index in [1.54, 1.807) is 19.4 Å². The molecule has 0 aliphatic rings. The lowest BCUT2D eigenvalue weighted by Gasteiger charge is -2.03. The van der Waals surface area contributed by atoms with Crippen LogP contribution in [0.3, 0.4) is 0 Å². The molecule has 1 N–H and O–H groups in total. The molecule has 0 saturated heterocycles. The molecule has 0 fully saturated rings. The van der Waals surface area contributed by atoms with Crippen LogP contribution in [0.15, 0.2) is 39.3 Å². The zero-order valence-corrected chi connectivity index (χ0v) is 9.86. The Bertz CT molecular complexity index is 465. The fourth-order valence-electron chi connectivity index (χ4n) is 1.17. The number of rotatable bonds is 3. The van der Waals surface area contributed by atoms with Crippen molar-refractivity contribution in [3.05, 3.63) is 35.9 Å². The first kappa shape index (κ1) is 11.2. The molecule has 0 amide bonds. The lowest BCUT2D eigenvalue weighted by Crippen LogP contribution is -1.92. The van der Waals surface area contributed by atoms with Gasteiger partial charge < -0.3 is 9.52 Å². The summed E-state index contributed by atoms with van der Waals surface area (Å²) in [5, 5.41) is 10.7. The van der Waals surface area contributed by atoms with E-state index in [2.05, 4.69) is 9.97 Å². The molecule has 0 unspecified atom stereocenters. The van der Waals surface area contributed by atoms with Gasteiger partial charge in [-0.2, -0.15) is 0 Å². The van der Waals surface area contributed by atoms with E-state index in [1.165, 1.54) is 11.8 Å². The van der Waals surface area contributed by atoms with Crippen molar-refractivity contribution in [3.63, 3.8) is 0 Å². The van der Waals surface area contributed by atoms with Gasteiger partial charge in [-0.1, -0.05) is 6.07 Å². The highest BCUT2D eigenvalue weighted by atomic mass is 32.2. The Morgan fingerprint density at radius 3 is 2.75 bits per heavy atom. The Kier molecular flexibility index (Phi) is 3.26. The Morgan fingerprint density at radius 1 is 1.44 bits per heavy atom. The van der Waals surface area contributed by atoms with Gasteiger partial charge in [0.25, 0.3) is 5.22 Å². The van der Waals surface area contributed by atoms with Crippen molar-refractivity contribution in [1.82, 2.24) is 9.97 Å². The molecule has 2 aromatic rings. The van der Waals surface area contributed by atoms with Gasteiger partial charge in [0, 0.05) is 6.20 Å². The number of hydrogen-bond acceptors (Lipinski definition) is 5. The Balaban J connectivity index is 2.11. The van der Waals surface area contributed by atoms with Crippen LogP contribution in [0.5, 0.6) is 0 Å². The number of nitrogens with zero attached hydrogens (tertiary/aromatic N) is 2. The monoisotopic (exact) mass is 236 g/mol. The summed E-state index contributed by atoms with van der Waals surface area (Å²) >= 11 is 1.36. The second kappa shape index (κ2) is 4.67. The summed E-state index contributed by atoms with van der Waals surface area (Å²) in [5.41, 5.74) is 1.65. The summed E-state index contributed by atoms with van der Waals surface area (Å²) in [5.74, 6) is 0. The number of aryl methyl sites for hydroxylation is 1. The molecule has 0 bridgehead atoms. The standard InChI is InChI=1S/C11H12N2O2S/c1-7-6-15-11(13-7)16-10-4-3-9(5-12-10)8(2)14/h3-6,8,14H,1-2H3/t8-/m0/s1. The molecule has 84 valence electrons. The fourth-order valence-corrected chi connectivity index (χ4v) is 1.87. The average molecular weight is 236 g/mol. The number of pyridine rings is 1. The quantitative estimate of drug-likeness (QED) is 0.887. The van der Waals surface area contributed by atoms with Gasteiger partial charge in [0.1, 0.15) is 11.3 Å². The van der Waals surface area contributed by atoms with Crippen molar-refractivity contribution < 1.29 is 9.52 Å². The molecule has 5 heteroatoms. The molecule has 16 heavy (non-hydrogen) atoms. The minimum Gasteiger partial charge on any atom is -0.439 e. The zero-order valence-electron chi connectivity index (χ0n) is 9.04. The SMILES string of the molecule is Cc1coc(Sc2ccc([C@H](C)O)cn2)n1. The van der Waals surface area contributed by atoms with Crippen molar-refractivity contribution in [2.24, 2.45) is 0 Å². The van der Waals surface area contributed by atoms with Crippen molar-refractivity contribution in [2.45, 2.75) is 30.2 Å². The van der Waals surface area contributed by atoms with Gasteiger partial charge in [-0.25, -0.2) is 9.97 Å². The topological polar surface area (TPSA) is 59.2 Å². The van der Waals surface area contributed by atoms with Crippen molar-refractivity contribution in [2.75, 3.05) is 0 Å².